The molecule has 1 saturated carbocycles. The fraction of sp³-hybridized carbons (Fsp3) is 0.478. The highest BCUT2D eigenvalue weighted by atomic mass is 32.2. The van der Waals surface area contributed by atoms with Gasteiger partial charge in [0.2, 0.25) is 0 Å². The van der Waals surface area contributed by atoms with E-state index in [2.05, 4.69) is 5.32 Å². The number of fused-ring (bicyclic) bond motifs is 1. The summed E-state index contributed by atoms with van der Waals surface area (Å²) in [6.07, 6.45) is 6.22. The van der Waals surface area contributed by atoms with Crippen LogP contribution in [-0.4, -0.2) is 30.8 Å². The molecular formula is C23H27F3N2O2S. The van der Waals surface area contributed by atoms with Crippen LogP contribution in [0.25, 0.3) is 11.1 Å². The molecule has 31 heavy (non-hydrogen) atoms. The van der Waals surface area contributed by atoms with Crippen molar-refractivity contribution in [2.24, 2.45) is 5.92 Å². The smallest absolute Gasteiger partial charge is 0.381 e. The van der Waals surface area contributed by atoms with E-state index < -0.39 is 15.5 Å². The Balaban J connectivity index is 1.70. The molecule has 2 aliphatic rings. The van der Waals surface area contributed by atoms with E-state index in [1.807, 2.05) is 48.5 Å². The van der Waals surface area contributed by atoms with Gasteiger partial charge in [-0.2, -0.15) is 17.5 Å². The third-order valence-corrected chi connectivity index (χ3v) is 7.95. The largest absolute Gasteiger partial charge is 0.511 e. The summed E-state index contributed by atoms with van der Waals surface area (Å²) in [4.78, 5) is 0. The van der Waals surface area contributed by atoms with Gasteiger partial charge in [-0.1, -0.05) is 68.1 Å². The standard InChI is InChI=1S/C23H27F3N2O2S/c24-23(25,26)31(29,30)28-15-19(14-13-17-7-4-5-8-17)27-22-12-6-11-20(21(22)16-28)18-9-2-1-3-10-18/h1-3,6,9-12,17,19,27H,4-5,7-8,13-16H2. The Kier molecular flexibility index (Phi) is 6.30. The molecule has 1 aliphatic carbocycles. The molecule has 1 N–H and O–H groups in total. The zero-order chi connectivity index (χ0) is 22.1. The molecule has 1 atom stereocenters. The molecule has 0 radical (unpaired) electrons. The lowest BCUT2D eigenvalue weighted by atomic mass is 9.97. The van der Waals surface area contributed by atoms with E-state index in [0.29, 0.717) is 27.9 Å². The van der Waals surface area contributed by atoms with Crippen LogP contribution < -0.4 is 5.32 Å². The molecule has 4 rings (SSSR count). The zero-order valence-electron chi connectivity index (χ0n) is 17.2. The van der Waals surface area contributed by atoms with Crippen molar-refractivity contribution in [1.82, 2.24) is 4.31 Å². The first kappa shape index (κ1) is 22.1. The number of rotatable bonds is 5. The monoisotopic (exact) mass is 452 g/mol. The van der Waals surface area contributed by atoms with Crippen LogP contribution in [0, 0.1) is 5.92 Å². The van der Waals surface area contributed by atoms with E-state index in [0.717, 1.165) is 30.4 Å². The summed E-state index contributed by atoms with van der Waals surface area (Å²) in [7, 11) is -5.44. The van der Waals surface area contributed by atoms with Crippen LogP contribution in [0.1, 0.15) is 44.1 Å². The molecule has 4 nitrogen and oxygen atoms in total. The SMILES string of the molecule is O=S(=O)(N1Cc2c(cccc2-c2ccccc2)NC(CCC2CCCC2)C1)C(F)(F)F. The van der Waals surface area contributed by atoms with Crippen molar-refractivity contribution in [3.8, 4) is 11.1 Å². The van der Waals surface area contributed by atoms with Gasteiger partial charge in [-0.15, -0.1) is 0 Å². The second kappa shape index (κ2) is 8.82. The van der Waals surface area contributed by atoms with Crippen LogP contribution in [-0.2, 0) is 16.6 Å². The van der Waals surface area contributed by atoms with Crippen LogP contribution in [0.15, 0.2) is 48.5 Å². The molecule has 0 saturated heterocycles. The molecule has 1 unspecified atom stereocenters. The number of sulfonamides is 1. The van der Waals surface area contributed by atoms with Gasteiger partial charge in [0.25, 0.3) is 0 Å². The Labute approximate surface area is 181 Å². The minimum Gasteiger partial charge on any atom is -0.381 e. The summed E-state index contributed by atoms with van der Waals surface area (Å²) in [5.41, 5.74) is -2.46. The average molecular weight is 453 g/mol. The van der Waals surface area contributed by atoms with Crippen LogP contribution in [0.2, 0.25) is 0 Å². The molecule has 168 valence electrons. The number of nitrogens with zero attached hydrogens (tertiary/aromatic N) is 1. The van der Waals surface area contributed by atoms with Gasteiger partial charge in [0.1, 0.15) is 0 Å². The third-order valence-electron chi connectivity index (χ3n) is 6.41. The Morgan fingerprint density at radius 3 is 2.35 bits per heavy atom. The molecule has 0 amide bonds. The van der Waals surface area contributed by atoms with Gasteiger partial charge in [-0.3, -0.25) is 0 Å². The van der Waals surface area contributed by atoms with Crippen LogP contribution in [0.4, 0.5) is 18.9 Å². The maximum atomic E-state index is 13.5. The molecule has 2 aromatic carbocycles. The van der Waals surface area contributed by atoms with E-state index in [9.17, 15) is 21.6 Å². The second-order valence-corrected chi connectivity index (χ2v) is 10.4. The highest BCUT2D eigenvalue weighted by Gasteiger charge is 2.51. The maximum Gasteiger partial charge on any atom is 0.511 e. The van der Waals surface area contributed by atoms with E-state index in [1.54, 1.807) is 0 Å². The number of halogens is 3. The Hall–Kier alpha value is -2.06. The predicted molar refractivity (Wildman–Crippen MR) is 116 cm³/mol. The Bertz CT molecular complexity index is 1000. The highest BCUT2D eigenvalue weighted by molar-refractivity contribution is 7.89. The molecule has 2 aromatic rings. The first-order chi connectivity index (χ1) is 14.8. The van der Waals surface area contributed by atoms with Gasteiger partial charge >= 0.3 is 15.5 Å². The summed E-state index contributed by atoms with van der Waals surface area (Å²) < 4.78 is 65.8. The van der Waals surface area contributed by atoms with Crippen LogP contribution in [0.5, 0.6) is 0 Å². The predicted octanol–water partition coefficient (Wildman–Crippen LogP) is 5.77. The van der Waals surface area contributed by atoms with Gasteiger partial charge < -0.3 is 5.32 Å². The van der Waals surface area contributed by atoms with Crippen molar-refractivity contribution >= 4 is 15.7 Å². The molecule has 1 aliphatic heterocycles. The molecule has 8 heteroatoms. The number of hydrogen-bond acceptors (Lipinski definition) is 3. The normalized spacial score (nSPS) is 20.8. The number of benzene rings is 2. The zero-order valence-corrected chi connectivity index (χ0v) is 18.1. The van der Waals surface area contributed by atoms with Crippen LogP contribution >= 0.6 is 0 Å². The number of nitrogens with one attached hydrogen (secondary N) is 1. The van der Waals surface area contributed by atoms with Gasteiger partial charge in [-0.25, -0.2) is 8.42 Å². The third kappa shape index (κ3) is 4.75. The van der Waals surface area contributed by atoms with Gasteiger partial charge in [0, 0.05) is 24.8 Å². The van der Waals surface area contributed by atoms with E-state index in [1.165, 1.54) is 12.8 Å². The summed E-state index contributed by atoms with van der Waals surface area (Å²) in [5, 5.41) is 3.37. The topological polar surface area (TPSA) is 49.4 Å². The minimum atomic E-state index is -5.44. The van der Waals surface area contributed by atoms with Crippen molar-refractivity contribution in [2.45, 2.75) is 56.6 Å². The van der Waals surface area contributed by atoms with Crippen molar-refractivity contribution in [3.63, 3.8) is 0 Å². The molecule has 1 fully saturated rings. The Morgan fingerprint density at radius 1 is 0.968 bits per heavy atom. The average Bonchev–Trinajstić information content (AvgIpc) is 3.18. The molecule has 0 spiro atoms. The van der Waals surface area contributed by atoms with E-state index >= 15 is 0 Å². The summed E-state index contributed by atoms with van der Waals surface area (Å²) in [6, 6.07) is 14.5. The molecule has 0 bridgehead atoms. The van der Waals surface area contributed by atoms with Gasteiger partial charge in [0.15, 0.2) is 0 Å². The van der Waals surface area contributed by atoms with Gasteiger partial charge in [-0.05, 0) is 41.5 Å². The highest BCUT2D eigenvalue weighted by Crippen LogP contribution is 2.37. The van der Waals surface area contributed by atoms with Crippen molar-refractivity contribution in [3.05, 3.63) is 54.1 Å². The van der Waals surface area contributed by atoms with Gasteiger partial charge in [0.05, 0.1) is 0 Å². The fourth-order valence-electron chi connectivity index (χ4n) is 4.76. The van der Waals surface area contributed by atoms with Crippen LogP contribution in [0.3, 0.4) is 0 Å². The summed E-state index contributed by atoms with van der Waals surface area (Å²) in [6.45, 7) is -0.507. The van der Waals surface area contributed by atoms with Crippen molar-refractivity contribution < 1.29 is 21.6 Å². The molecule has 0 aromatic heterocycles. The number of hydrogen-bond donors (Lipinski definition) is 1. The molecule has 1 heterocycles. The lowest BCUT2D eigenvalue weighted by molar-refractivity contribution is -0.0491. The van der Waals surface area contributed by atoms with E-state index in [4.69, 9.17) is 0 Å². The fourth-order valence-corrected chi connectivity index (χ4v) is 5.73. The Morgan fingerprint density at radius 2 is 1.68 bits per heavy atom. The van der Waals surface area contributed by atoms with Crippen molar-refractivity contribution in [1.29, 1.82) is 0 Å². The summed E-state index contributed by atoms with van der Waals surface area (Å²) >= 11 is 0. The first-order valence-electron chi connectivity index (χ1n) is 10.8. The first-order valence-corrected chi connectivity index (χ1v) is 12.2. The summed E-state index contributed by atoms with van der Waals surface area (Å²) in [5.74, 6) is 0.577. The van der Waals surface area contributed by atoms with Crippen molar-refractivity contribution in [2.75, 3.05) is 11.9 Å². The number of alkyl halides is 3. The lowest BCUT2D eigenvalue weighted by Crippen LogP contribution is -2.44. The lowest BCUT2D eigenvalue weighted by Gasteiger charge is -2.26. The second-order valence-electron chi connectivity index (χ2n) is 8.51. The number of anilines is 1. The quantitative estimate of drug-likeness (QED) is 0.627. The maximum absolute atomic E-state index is 13.5. The minimum absolute atomic E-state index is 0.197. The molecular weight excluding hydrogens is 425 g/mol. The van der Waals surface area contributed by atoms with E-state index in [-0.39, 0.29) is 19.1 Å².